The van der Waals surface area contributed by atoms with Gasteiger partial charge in [0.05, 0.1) is 11.0 Å². The SMILES string of the molecule is CC[C@H](C)Oc1ccccc1/C=C1/SC(=O)N(CC(=O)N2CCc3ccccc3C2)C1=O. The molecule has 7 heteroatoms. The van der Waals surface area contributed by atoms with Crippen molar-refractivity contribution in [2.24, 2.45) is 0 Å². The molecule has 4 rings (SSSR count). The average Bonchev–Trinajstić information content (AvgIpc) is 3.07. The number of carbonyl (C=O) groups excluding carboxylic acids is 3. The van der Waals surface area contributed by atoms with Gasteiger partial charge >= 0.3 is 0 Å². The molecule has 0 aliphatic carbocycles. The highest BCUT2D eigenvalue weighted by molar-refractivity contribution is 8.18. The molecule has 2 aliphatic rings. The summed E-state index contributed by atoms with van der Waals surface area (Å²) in [5.74, 6) is 0.00404. The van der Waals surface area contributed by atoms with Gasteiger partial charge in [0, 0.05) is 18.7 Å². The first-order chi connectivity index (χ1) is 15.5. The third kappa shape index (κ3) is 4.72. The fraction of sp³-hybridized carbons (Fsp3) is 0.320. The summed E-state index contributed by atoms with van der Waals surface area (Å²) < 4.78 is 5.94. The number of fused-ring (bicyclic) bond motifs is 1. The molecule has 166 valence electrons. The van der Waals surface area contributed by atoms with Gasteiger partial charge in [0.25, 0.3) is 11.1 Å². The molecule has 32 heavy (non-hydrogen) atoms. The standard InChI is InChI=1S/C25H26N2O4S/c1-3-17(2)31-21-11-7-6-9-19(21)14-22-24(29)27(25(30)32-22)16-23(28)26-13-12-18-8-4-5-10-20(18)15-26/h4-11,14,17H,3,12-13,15-16H2,1-2H3/b22-14+/t17-/m0/s1. The van der Waals surface area contributed by atoms with Gasteiger partial charge in [-0.1, -0.05) is 49.4 Å². The van der Waals surface area contributed by atoms with Crippen LogP contribution in [0.15, 0.2) is 53.4 Å². The van der Waals surface area contributed by atoms with E-state index in [2.05, 4.69) is 6.07 Å². The van der Waals surface area contributed by atoms with E-state index in [1.807, 2.05) is 56.3 Å². The smallest absolute Gasteiger partial charge is 0.294 e. The van der Waals surface area contributed by atoms with E-state index in [1.165, 1.54) is 5.56 Å². The van der Waals surface area contributed by atoms with Crippen LogP contribution in [0.2, 0.25) is 0 Å². The van der Waals surface area contributed by atoms with Crippen molar-refractivity contribution in [2.45, 2.75) is 39.3 Å². The number of ether oxygens (including phenoxy) is 1. The fourth-order valence-corrected chi connectivity index (χ4v) is 4.56. The zero-order valence-electron chi connectivity index (χ0n) is 18.2. The molecule has 3 amide bonds. The van der Waals surface area contributed by atoms with Gasteiger partial charge in [-0.2, -0.15) is 0 Å². The lowest BCUT2D eigenvalue weighted by molar-refractivity contribution is -0.136. The fourth-order valence-electron chi connectivity index (χ4n) is 3.73. The number of hydrogen-bond acceptors (Lipinski definition) is 5. The van der Waals surface area contributed by atoms with Crippen molar-refractivity contribution in [2.75, 3.05) is 13.1 Å². The van der Waals surface area contributed by atoms with E-state index < -0.39 is 11.1 Å². The van der Waals surface area contributed by atoms with Crippen LogP contribution >= 0.6 is 11.8 Å². The minimum atomic E-state index is -0.441. The molecule has 0 bridgehead atoms. The zero-order valence-corrected chi connectivity index (χ0v) is 19.1. The molecule has 0 N–H and O–H groups in total. The second-order valence-electron chi connectivity index (χ2n) is 7.98. The number of benzene rings is 2. The summed E-state index contributed by atoms with van der Waals surface area (Å²) in [4.78, 5) is 41.4. The summed E-state index contributed by atoms with van der Waals surface area (Å²) in [5, 5.41) is -0.424. The van der Waals surface area contributed by atoms with Crippen LogP contribution in [-0.4, -0.2) is 46.0 Å². The molecular formula is C25H26N2O4S. The Labute approximate surface area is 192 Å². The summed E-state index contributed by atoms with van der Waals surface area (Å²) in [6, 6.07) is 15.5. The van der Waals surface area contributed by atoms with E-state index in [4.69, 9.17) is 4.74 Å². The lowest BCUT2D eigenvalue weighted by Gasteiger charge is -2.29. The summed E-state index contributed by atoms with van der Waals surface area (Å²) in [6.45, 7) is 4.87. The first-order valence-electron chi connectivity index (χ1n) is 10.8. The van der Waals surface area contributed by atoms with E-state index in [0.29, 0.717) is 23.7 Å². The van der Waals surface area contributed by atoms with Crippen molar-refractivity contribution < 1.29 is 19.1 Å². The van der Waals surface area contributed by atoms with Crippen LogP contribution in [0.25, 0.3) is 6.08 Å². The first kappa shape index (κ1) is 22.1. The Morgan fingerprint density at radius 3 is 2.62 bits per heavy atom. The van der Waals surface area contributed by atoms with E-state index in [0.717, 1.165) is 40.6 Å². The van der Waals surface area contributed by atoms with Crippen molar-refractivity contribution in [3.63, 3.8) is 0 Å². The third-order valence-corrected chi connectivity index (χ3v) is 6.67. The number of hydrogen-bond donors (Lipinski definition) is 0. The highest BCUT2D eigenvalue weighted by Crippen LogP contribution is 2.34. The molecule has 1 saturated heterocycles. The van der Waals surface area contributed by atoms with Crippen molar-refractivity contribution in [3.05, 3.63) is 70.1 Å². The lowest BCUT2D eigenvalue weighted by atomic mass is 10.00. The van der Waals surface area contributed by atoms with Crippen LogP contribution in [0.3, 0.4) is 0 Å². The molecule has 1 atom stereocenters. The van der Waals surface area contributed by atoms with Crippen LogP contribution in [0, 0.1) is 0 Å². The van der Waals surface area contributed by atoms with Gasteiger partial charge in [-0.15, -0.1) is 0 Å². The van der Waals surface area contributed by atoms with Gasteiger partial charge in [-0.3, -0.25) is 19.3 Å². The Kier molecular flexibility index (Phi) is 6.65. The van der Waals surface area contributed by atoms with Crippen LogP contribution in [0.4, 0.5) is 4.79 Å². The van der Waals surface area contributed by atoms with E-state index >= 15 is 0 Å². The summed E-state index contributed by atoms with van der Waals surface area (Å²) >= 11 is 0.859. The molecule has 1 fully saturated rings. The van der Waals surface area contributed by atoms with Crippen LogP contribution in [0.1, 0.15) is 37.0 Å². The molecule has 6 nitrogen and oxygen atoms in total. The summed E-state index contributed by atoms with van der Waals surface area (Å²) in [6.07, 6.45) is 3.33. The van der Waals surface area contributed by atoms with Gasteiger partial charge in [-0.05, 0) is 54.8 Å². The lowest BCUT2D eigenvalue weighted by Crippen LogP contribution is -2.44. The van der Waals surface area contributed by atoms with Crippen LogP contribution in [-0.2, 0) is 22.6 Å². The number of imide groups is 1. The van der Waals surface area contributed by atoms with Gasteiger partial charge in [0.2, 0.25) is 5.91 Å². The van der Waals surface area contributed by atoms with Gasteiger partial charge in [0.15, 0.2) is 0 Å². The zero-order chi connectivity index (χ0) is 22.7. The van der Waals surface area contributed by atoms with Gasteiger partial charge in [0.1, 0.15) is 12.3 Å². The maximum Gasteiger partial charge on any atom is 0.294 e. The second kappa shape index (κ2) is 9.61. The Morgan fingerprint density at radius 2 is 1.84 bits per heavy atom. The summed E-state index contributed by atoms with van der Waals surface area (Å²) in [5.41, 5.74) is 3.08. The van der Waals surface area contributed by atoms with Crippen molar-refractivity contribution in [1.29, 1.82) is 0 Å². The molecule has 0 radical (unpaired) electrons. The summed E-state index contributed by atoms with van der Waals surface area (Å²) in [7, 11) is 0. The minimum absolute atomic E-state index is 0.0342. The highest BCUT2D eigenvalue weighted by Gasteiger charge is 2.37. The Bertz CT molecular complexity index is 1080. The number of para-hydroxylation sites is 1. The quantitative estimate of drug-likeness (QED) is 0.607. The van der Waals surface area contributed by atoms with Crippen LogP contribution in [0.5, 0.6) is 5.75 Å². The number of thioether (sulfide) groups is 1. The van der Waals surface area contributed by atoms with E-state index in [9.17, 15) is 14.4 Å². The van der Waals surface area contributed by atoms with Crippen molar-refractivity contribution in [3.8, 4) is 5.75 Å². The van der Waals surface area contributed by atoms with Crippen molar-refractivity contribution >= 4 is 34.9 Å². The maximum atomic E-state index is 12.9. The number of amides is 3. The molecule has 2 aromatic rings. The maximum absolute atomic E-state index is 12.9. The molecule has 0 saturated carbocycles. The molecule has 2 aliphatic heterocycles. The topological polar surface area (TPSA) is 66.9 Å². The Balaban J connectivity index is 1.46. The largest absolute Gasteiger partial charge is 0.490 e. The van der Waals surface area contributed by atoms with Crippen molar-refractivity contribution in [1.82, 2.24) is 9.80 Å². The number of carbonyl (C=O) groups is 3. The molecular weight excluding hydrogens is 424 g/mol. The average molecular weight is 451 g/mol. The predicted octanol–water partition coefficient (Wildman–Crippen LogP) is 4.49. The molecule has 2 aromatic carbocycles. The monoisotopic (exact) mass is 450 g/mol. The molecule has 2 heterocycles. The number of nitrogens with zero attached hydrogens (tertiary/aromatic N) is 2. The predicted molar refractivity (Wildman–Crippen MR) is 125 cm³/mol. The molecule has 0 aromatic heterocycles. The molecule has 0 spiro atoms. The van der Waals surface area contributed by atoms with E-state index in [1.54, 1.807) is 11.0 Å². The van der Waals surface area contributed by atoms with E-state index in [-0.39, 0.29) is 18.6 Å². The van der Waals surface area contributed by atoms with Gasteiger partial charge < -0.3 is 9.64 Å². The Hall–Kier alpha value is -3.06. The highest BCUT2D eigenvalue weighted by atomic mass is 32.2. The first-order valence-corrected chi connectivity index (χ1v) is 11.6. The third-order valence-electron chi connectivity index (χ3n) is 5.76. The van der Waals surface area contributed by atoms with Gasteiger partial charge in [-0.25, -0.2) is 0 Å². The minimum Gasteiger partial charge on any atom is -0.490 e. The number of rotatable bonds is 6. The van der Waals surface area contributed by atoms with Crippen LogP contribution < -0.4 is 4.74 Å². The Morgan fingerprint density at radius 1 is 1.12 bits per heavy atom. The second-order valence-corrected chi connectivity index (χ2v) is 8.97. The normalized spacial score (nSPS) is 18.1. The molecule has 0 unspecified atom stereocenters.